The van der Waals surface area contributed by atoms with E-state index in [1.807, 2.05) is 6.07 Å². The van der Waals surface area contributed by atoms with Crippen molar-refractivity contribution in [3.05, 3.63) is 71.7 Å². The number of carbonyl (C=O) groups excluding carboxylic acids is 1. The SMILES string of the molecule is C=CCN1C(=O)C(=Cc2ccc(OC)c(OCCCCC)c2)SC1=NS(=O)(=O)c1ccccc1. The van der Waals surface area contributed by atoms with Gasteiger partial charge in [-0.2, -0.15) is 8.42 Å². The van der Waals surface area contributed by atoms with Gasteiger partial charge < -0.3 is 9.47 Å². The number of amides is 1. The standard InChI is InChI=1S/C25H28N2O5S2/c1-4-6-10-16-32-22-17-19(13-14-21(22)31-3)18-23-24(28)27(15-5-2)25(33-23)26-34(29,30)20-11-8-7-9-12-20/h5,7-9,11-14,17-18H,2,4,6,10,15-16H2,1,3H3. The lowest BCUT2D eigenvalue weighted by Gasteiger charge is -2.12. The van der Waals surface area contributed by atoms with Crippen molar-refractivity contribution in [3.8, 4) is 11.5 Å². The van der Waals surface area contributed by atoms with Crippen LogP contribution in [0.2, 0.25) is 0 Å². The number of rotatable bonds is 11. The summed E-state index contributed by atoms with van der Waals surface area (Å²) in [6, 6.07) is 13.3. The summed E-state index contributed by atoms with van der Waals surface area (Å²) in [6.45, 7) is 6.51. The molecule has 0 radical (unpaired) electrons. The van der Waals surface area contributed by atoms with Gasteiger partial charge in [0.05, 0.1) is 23.5 Å². The Kier molecular flexibility index (Phi) is 8.95. The molecule has 0 unspecified atom stereocenters. The molecular formula is C25H28N2O5S2. The van der Waals surface area contributed by atoms with Crippen LogP contribution in [0, 0.1) is 0 Å². The molecule has 0 atom stereocenters. The first-order valence-electron chi connectivity index (χ1n) is 10.9. The van der Waals surface area contributed by atoms with E-state index in [4.69, 9.17) is 9.47 Å². The topological polar surface area (TPSA) is 85.3 Å². The van der Waals surface area contributed by atoms with E-state index in [-0.39, 0.29) is 22.5 Å². The summed E-state index contributed by atoms with van der Waals surface area (Å²) in [5.74, 6) is 0.855. The van der Waals surface area contributed by atoms with Crippen LogP contribution in [0.1, 0.15) is 31.7 Å². The van der Waals surface area contributed by atoms with E-state index in [1.165, 1.54) is 23.1 Å². The Bertz CT molecular complexity index is 1190. The van der Waals surface area contributed by atoms with Crippen molar-refractivity contribution in [2.24, 2.45) is 4.40 Å². The molecule has 2 aromatic rings. The Hall–Kier alpha value is -3.04. The van der Waals surface area contributed by atoms with Crippen molar-refractivity contribution in [1.29, 1.82) is 0 Å². The maximum atomic E-state index is 13.0. The monoisotopic (exact) mass is 500 g/mol. The number of hydrogen-bond donors (Lipinski definition) is 0. The molecule has 0 aliphatic carbocycles. The predicted molar refractivity (Wildman–Crippen MR) is 137 cm³/mol. The number of methoxy groups -OCH3 is 1. The van der Waals surface area contributed by atoms with Crippen LogP contribution < -0.4 is 9.47 Å². The average molecular weight is 501 g/mol. The van der Waals surface area contributed by atoms with Gasteiger partial charge >= 0.3 is 0 Å². The zero-order valence-electron chi connectivity index (χ0n) is 19.3. The molecule has 1 aliphatic heterocycles. The average Bonchev–Trinajstić information content (AvgIpc) is 3.11. The second-order valence-electron chi connectivity index (χ2n) is 7.44. The summed E-state index contributed by atoms with van der Waals surface area (Å²) in [6.07, 6.45) is 6.33. The Morgan fingerprint density at radius 2 is 1.88 bits per heavy atom. The summed E-state index contributed by atoms with van der Waals surface area (Å²) in [5.41, 5.74) is 0.730. The van der Waals surface area contributed by atoms with E-state index in [0.717, 1.165) is 36.6 Å². The number of benzene rings is 2. The number of thioether (sulfide) groups is 1. The number of hydrogen-bond acceptors (Lipinski definition) is 6. The number of ether oxygens (including phenoxy) is 2. The molecule has 0 N–H and O–H groups in total. The minimum absolute atomic E-state index is 0.0616. The largest absolute Gasteiger partial charge is 0.493 e. The Balaban J connectivity index is 1.90. The maximum absolute atomic E-state index is 13.0. The third kappa shape index (κ3) is 6.30. The van der Waals surface area contributed by atoms with Crippen LogP contribution in [-0.2, 0) is 14.8 Å². The molecule has 1 saturated heterocycles. The molecule has 3 rings (SSSR count). The van der Waals surface area contributed by atoms with Gasteiger partial charge in [0.2, 0.25) is 0 Å². The molecule has 1 aliphatic rings. The van der Waals surface area contributed by atoms with Gasteiger partial charge in [-0.1, -0.05) is 50.1 Å². The van der Waals surface area contributed by atoms with E-state index < -0.39 is 10.0 Å². The fraction of sp³-hybridized carbons (Fsp3) is 0.280. The number of carbonyl (C=O) groups is 1. The second-order valence-corrected chi connectivity index (χ2v) is 10.1. The van der Waals surface area contributed by atoms with Crippen LogP contribution in [-0.4, -0.2) is 44.7 Å². The molecule has 0 saturated carbocycles. The Morgan fingerprint density at radius 3 is 2.56 bits per heavy atom. The zero-order chi connectivity index (χ0) is 24.6. The smallest absolute Gasteiger partial charge is 0.284 e. The van der Waals surface area contributed by atoms with Crippen molar-refractivity contribution in [2.75, 3.05) is 20.3 Å². The third-order valence-corrected chi connectivity index (χ3v) is 7.33. The number of nitrogens with zero attached hydrogens (tertiary/aromatic N) is 2. The molecule has 34 heavy (non-hydrogen) atoms. The number of sulfonamides is 1. The molecule has 9 heteroatoms. The second kappa shape index (κ2) is 11.9. The normalized spacial score (nSPS) is 16.3. The fourth-order valence-corrected chi connectivity index (χ4v) is 5.41. The summed E-state index contributed by atoms with van der Waals surface area (Å²) in [4.78, 5) is 14.8. The van der Waals surface area contributed by atoms with Crippen molar-refractivity contribution >= 4 is 38.9 Å². The molecule has 1 fully saturated rings. The number of unbranched alkanes of at least 4 members (excludes halogenated alkanes) is 2. The van der Waals surface area contributed by atoms with Crippen LogP contribution >= 0.6 is 11.8 Å². The molecule has 180 valence electrons. The lowest BCUT2D eigenvalue weighted by molar-refractivity contribution is -0.121. The highest BCUT2D eigenvalue weighted by Gasteiger charge is 2.34. The van der Waals surface area contributed by atoms with Crippen LogP contribution in [0.4, 0.5) is 0 Å². The van der Waals surface area contributed by atoms with Crippen molar-refractivity contribution < 1.29 is 22.7 Å². The van der Waals surface area contributed by atoms with E-state index in [2.05, 4.69) is 17.9 Å². The lowest BCUT2D eigenvalue weighted by Crippen LogP contribution is -2.29. The highest BCUT2D eigenvalue weighted by molar-refractivity contribution is 8.19. The molecule has 1 amide bonds. The Morgan fingerprint density at radius 1 is 1.12 bits per heavy atom. The summed E-state index contributed by atoms with van der Waals surface area (Å²) < 4.78 is 40.7. The minimum Gasteiger partial charge on any atom is -0.493 e. The van der Waals surface area contributed by atoms with Gasteiger partial charge in [0.15, 0.2) is 16.7 Å². The first-order valence-corrected chi connectivity index (χ1v) is 13.2. The predicted octanol–water partition coefficient (Wildman–Crippen LogP) is 5.11. The first kappa shape index (κ1) is 25.6. The van der Waals surface area contributed by atoms with E-state index >= 15 is 0 Å². The van der Waals surface area contributed by atoms with E-state index in [1.54, 1.807) is 43.5 Å². The number of amidine groups is 1. The zero-order valence-corrected chi connectivity index (χ0v) is 20.9. The summed E-state index contributed by atoms with van der Waals surface area (Å²) in [5, 5.41) is 0.0875. The Labute approximate surface area is 205 Å². The lowest BCUT2D eigenvalue weighted by atomic mass is 10.2. The van der Waals surface area contributed by atoms with Crippen LogP contribution in [0.5, 0.6) is 11.5 Å². The molecule has 1 heterocycles. The van der Waals surface area contributed by atoms with Crippen LogP contribution in [0.15, 0.2) is 75.4 Å². The fourth-order valence-electron chi connectivity index (χ4n) is 3.20. The summed E-state index contributed by atoms with van der Waals surface area (Å²) >= 11 is 1.01. The van der Waals surface area contributed by atoms with Gasteiger partial charge in [0.1, 0.15) is 0 Å². The van der Waals surface area contributed by atoms with Gasteiger partial charge in [0, 0.05) is 6.54 Å². The highest BCUT2D eigenvalue weighted by Crippen LogP contribution is 2.35. The molecule has 2 aromatic carbocycles. The van der Waals surface area contributed by atoms with Crippen LogP contribution in [0.25, 0.3) is 6.08 Å². The van der Waals surface area contributed by atoms with E-state index in [0.29, 0.717) is 23.0 Å². The molecule has 7 nitrogen and oxygen atoms in total. The van der Waals surface area contributed by atoms with Gasteiger partial charge in [-0.25, -0.2) is 0 Å². The van der Waals surface area contributed by atoms with Crippen LogP contribution in [0.3, 0.4) is 0 Å². The first-order chi connectivity index (χ1) is 16.4. The van der Waals surface area contributed by atoms with Gasteiger partial charge in [-0.3, -0.25) is 9.69 Å². The van der Waals surface area contributed by atoms with Crippen molar-refractivity contribution in [1.82, 2.24) is 4.90 Å². The minimum atomic E-state index is -3.97. The van der Waals surface area contributed by atoms with Gasteiger partial charge in [-0.05, 0) is 54.1 Å². The highest BCUT2D eigenvalue weighted by atomic mass is 32.2. The summed E-state index contributed by atoms with van der Waals surface area (Å²) in [7, 11) is -2.40. The van der Waals surface area contributed by atoms with Crippen molar-refractivity contribution in [2.45, 2.75) is 31.1 Å². The third-order valence-electron chi connectivity index (χ3n) is 4.93. The molecule has 0 spiro atoms. The molecular weight excluding hydrogens is 472 g/mol. The van der Waals surface area contributed by atoms with Gasteiger partial charge in [-0.15, -0.1) is 11.0 Å². The molecule has 0 aromatic heterocycles. The van der Waals surface area contributed by atoms with Crippen molar-refractivity contribution in [3.63, 3.8) is 0 Å². The maximum Gasteiger partial charge on any atom is 0.284 e. The van der Waals surface area contributed by atoms with Gasteiger partial charge in [0.25, 0.3) is 15.9 Å². The molecule has 0 bridgehead atoms. The quantitative estimate of drug-likeness (QED) is 0.242. The van der Waals surface area contributed by atoms with E-state index in [9.17, 15) is 13.2 Å².